The molecule has 0 saturated heterocycles. The Hall–Kier alpha value is -2.00. The Morgan fingerprint density at radius 2 is 1.89 bits per heavy atom. The summed E-state index contributed by atoms with van der Waals surface area (Å²) >= 11 is 5.88. The highest BCUT2D eigenvalue weighted by atomic mass is 35.5. The van der Waals surface area contributed by atoms with Gasteiger partial charge in [-0.2, -0.15) is 0 Å². The summed E-state index contributed by atoms with van der Waals surface area (Å²) in [7, 11) is 0. The van der Waals surface area contributed by atoms with E-state index in [0.717, 1.165) is 27.7 Å². The molecule has 2 aromatic heterocycles. The summed E-state index contributed by atoms with van der Waals surface area (Å²) in [5.74, 6) is 0. The molecule has 0 aliphatic rings. The predicted molar refractivity (Wildman–Crippen MR) is 72.5 cm³/mol. The number of hydrogen-bond acceptors (Lipinski definition) is 3. The van der Waals surface area contributed by atoms with Crippen LogP contribution in [0.4, 0.5) is 0 Å². The van der Waals surface area contributed by atoms with Crippen LogP contribution in [0, 0.1) is 6.92 Å². The molecule has 0 aliphatic carbocycles. The fourth-order valence-corrected chi connectivity index (χ4v) is 2.12. The largest absolute Gasteiger partial charge is 0.256 e. The van der Waals surface area contributed by atoms with Crippen molar-refractivity contribution < 1.29 is 0 Å². The van der Waals surface area contributed by atoms with Crippen molar-refractivity contribution in [3.63, 3.8) is 0 Å². The Labute approximate surface area is 109 Å². The van der Waals surface area contributed by atoms with Crippen LogP contribution in [0.15, 0.2) is 42.7 Å². The molecule has 0 saturated carbocycles. The summed E-state index contributed by atoms with van der Waals surface area (Å²) < 4.78 is 0. The maximum atomic E-state index is 5.88. The molecule has 2 heterocycles. The first-order valence-corrected chi connectivity index (χ1v) is 5.97. The molecule has 3 rings (SSSR count). The molecule has 0 radical (unpaired) electrons. The van der Waals surface area contributed by atoms with E-state index < -0.39 is 0 Å². The highest BCUT2D eigenvalue weighted by Gasteiger charge is 2.09. The normalized spacial score (nSPS) is 10.8. The van der Waals surface area contributed by atoms with E-state index in [1.165, 1.54) is 0 Å². The highest BCUT2D eigenvalue weighted by molar-refractivity contribution is 6.28. The molecular formula is C14H10ClN3. The first kappa shape index (κ1) is 11.1. The standard InChI is InChI=1S/C14H10ClN3/c1-9-8-17-14(15)18-12(9)11-6-2-4-10-5-3-7-16-13(10)11/h2-8H,1H3. The maximum absolute atomic E-state index is 5.88. The van der Waals surface area contributed by atoms with Crippen LogP contribution in [-0.4, -0.2) is 15.0 Å². The fourth-order valence-electron chi connectivity index (χ4n) is 1.99. The number of nitrogens with zero attached hydrogens (tertiary/aromatic N) is 3. The van der Waals surface area contributed by atoms with Crippen LogP contribution in [0.25, 0.3) is 22.2 Å². The van der Waals surface area contributed by atoms with Gasteiger partial charge in [-0.15, -0.1) is 0 Å². The smallest absolute Gasteiger partial charge is 0.222 e. The van der Waals surface area contributed by atoms with Crippen molar-refractivity contribution in [2.24, 2.45) is 0 Å². The van der Waals surface area contributed by atoms with Gasteiger partial charge in [-0.25, -0.2) is 9.97 Å². The van der Waals surface area contributed by atoms with Crippen molar-refractivity contribution in [2.75, 3.05) is 0 Å². The van der Waals surface area contributed by atoms with Gasteiger partial charge in [0.1, 0.15) is 0 Å². The molecular weight excluding hydrogens is 246 g/mol. The van der Waals surface area contributed by atoms with Crippen LogP contribution >= 0.6 is 11.6 Å². The van der Waals surface area contributed by atoms with Gasteiger partial charge in [0.15, 0.2) is 0 Å². The summed E-state index contributed by atoms with van der Waals surface area (Å²) in [5, 5.41) is 1.34. The van der Waals surface area contributed by atoms with Crippen LogP contribution in [0.1, 0.15) is 5.56 Å². The second kappa shape index (κ2) is 4.35. The number of para-hydroxylation sites is 1. The number of rotatable bonds is 1. The zero-order valence-corrected chi connectivity index (χ0v) is 10.5. The first-order valence-electron chi connectivity index (χ1n) is 5.59. The van der Waals surface area contributed by atoms with Gasteiger partial charge in [-0.3, -0.25) is 4.98 Å². The second-order valence-corrected chi connectivity index (χ2v) is 4.39. The highest BCUT2D eigenvalue weighted by Crippen LogP contribution is 2.28. The molecule has 0 unspecified atom stereocenters. The Morgan fingerprint density at radius 1 is 1.06 bits per heavy atom. The van der Waals surface area contributed by atoms with E-state index in [2.05, 4.69) is 15.0 Å². The topological polar surface area (TPSA) is 38.7 Å². The Morgan fingerprint density at radius 3 is 2.78 bits per heavy atom. The van der Waals surface area contributed by atoms with Gasteiger partial charge < -0.3 is 0 Å². The number of aromatic nitrogens is 3. The zero-order valence-electron chi connectivity index (χ0n) is 9.76. The molecule has 18 heavy (non-hydrogen) atoms. The van der Waals surface area contributed by atoms with Crippen molar-refractivity contribution in [2.45, 2.75) is 6.92 Å². The third kappa shape index (κ3) is 1.83. The number of hydrogen-bond donors (Lipinski definition) is 0. The summed E-state index contributed by atoms with van der Waals surface area (Å²) in [6.07, 6.45) is 3.51. The summed E-state index contributed by atoms with van der Waals surface area (Å²) in [5.41, 5.74) is 3.73. The van der Waals surface area contributed by atoms with Gasteiger partial charge >= 0.3 is 0 Å². The molecule has 0 aliphatic heterocycles. The average Bonchev–Trinajstić information content (AvgIpc) is 2.41. The maximum Gasteiger partial charge on any atom is 0.222 e. The summed E-state index contributed by atoms with van der Waals surface area (Å²) in [4.78, 5) is 12.7. The van der Waals surface area contributed by atoms with Gasteiger partial charge in [-0.1, -0.05) is 24.3 Å². The van der Waals surface area contributed by atoms with Crippen molar-refractivity contribution >= 4 is 22.5 Å². The SMILES string of the molecule is Cc1cnc(Cl)nc1-c1cccc2cccnc12. The van der Waals surface area contributed by atoms with Gasteiger partial charge in [0.25, 0.3) is 0 Å². The molecule has 3 aromatic rings. The van der Waals surface area contributed by atoms with Crippen LogP contribution < -0.4 is 0 Å². The van der Waals surface area contributed by atoms with Crippen LogP contribution in [0.3, 0.4) is 0 Å². The lowest BCUT2D eigenvalue weighted by atomic mass is 10.0. The van der Waals surface area contributed by atoms with E-state index in [9.17, 15) is 0 Å². The minimum atomic E-state index is 0.253. The first-order chi connectivity index (χ1) is 8.75. The molecule has 0 N–H and O–H groups in total. The molecule has 0 fully saturated rings. The average molecular weight is 256 g/mol. The minimum absolute atomic E-state index is 0.253. The molecule has 0 atom stereocenters. The fraction of sp³-hybridized carbons (Fsp3) is 0.0714. The molecule has 0 spiro atoms. The molecule has 3 nitrogen and oxygen atoms in total. The van der Waals surface area contributed by atoms with E-state index in [4.69, 9.17) is 11.6 Å². The van der Waals surface area contributed by atoms with Crippen molar-refractivity contribution in [3.8, 4) is 11.3 Å². The lowest BCUT2D eigenvalue weighted by Gasteiger charge is -2.07. The third-order valence-electron chi connectivity index (χ3n) is 2.83. The van der Waals surface area contributed by atoms with Gasteiger partial charge in [0, 0.05) is 23.3 Å². The third-order valence-corrected chi connectivity index (χ3v) is 3.01. The van der Waals surface area contributed by atoms with Crippen LogP contribution in [-0.2, 0) is 0 Å². The summed E-state index contributed by atoms with van der Waals surface area (Å²) in [6.45, 7) is 1.97. The molecule has 1 aromatic carbocycles. The van der Waals surface area contributed by atoms with E-state index in [1.54, 1.807) is 12.4 Å². The number of pyridine rings is 1. The lowest BCUT2D eigenvalue weighted by molar-refractivity contribution is 1.14. The lowest BCUT2D eigenvalue weighted by Crippen LogP contribution is -1.93. The molecule has 4 heteroatoms. The van der Waals surface area contributed by atoms with Crippen molar-refractivity contribution in [1.82, 2.24) is 15.0 Å². The predicted octanol–water partition coefficient (Wildman–Crippen LogP) is 3.65. The van der Waals surface area contributed by atoms with Gasteiger partial charge in [0.2, 0.25) is 5.28 Å². The monoisotopic (exact) mass is 255 g/mol. The molecule has 0 amide bonds. The molecule has 0 bridgehead atoms. The number of fused-ring (bicyclic) bond motifs is 1. The van der Waals surface area contributed by atoms with E-state index in [1.807, 2.05) is 37.3 Å². The van der Waals surface area contributed by atoms with E-state index in [-0.39, 0.29) is 5.28 Å². The van der Waals surface area contributed by atoms with E-state index >= 15 is 0 Å². The Kier molecular flexibility index (Phi) is 2.68. The second-order valence-electron chi connectivity index (χ2n) is 4.05. The number of aryl methyl sites for hydroxylation is 1. The van der Waals surface area contributed by atoms with Gasteiger partial charge in [0.05, 0.1) is 11.2 Å². The van der Waals surface area contributed by atoms with Crippen molar-refractivity contribution in [1.29, 1.82) is 0 Å². The van der Waals surface area contributed by atoms with E-state index in [0.29, 0.717) is 0 Å². The Balaban J connectivity index is 2.35. The molecule has 88 valence electrons. The summed E-state index contributed by atoms with van der Waals surface area (Å²) in [6, 6.07) is 9.98. The zero-order chi connectivity index (χ0) is 12.5. The van der Waals surface area contributed by atoms with Crippen molar-refractivity contribution in [3.05, 3.63) is 53.6 Å². The quantitative estimate of drug-likeness (QED) is 0.623. The number of halogens is 1. The number of benzene rings is 1. The van der Waals surface area contributed by atoms with Crippen LogP contribution in [0.5, 0.6) is 0 Å². The van der Waals surface area contributed by atoms with Crippen LogP contribution in [0.2, 0.25) is 5.28 Å². The van der Waals surface area contributed by atoms with Gasteiger partial charge in [-0.05, 0) is 30.2 Å². The Bertz CT molecular complexity index is 720. The minimum Gasteiger partial charge on any atom is -0.256 e.